The molecule has 2 aromatic rings. The molecule has 0 unspecified atom stereocenters. The Morgan fingerprint density at radius 3 is 2.16 bits per heavy atom. The van der Waals surface area contributed by atoms with Crippen molar-refractivity contribution in [2.75, 3.05) is 13.4 Å². The number of aromatic carboxylic acids is 1. The predicted octanol–water partition coefficient (Wildman–Crippen LogP) is 0.881. The van der Waals surface area contributed by atoms with Gasteiger partial charge in [0.2, 0.25) is 0 Å². The lowest BCUT2D eigenvalue weighted by molar-refractivity contribution is 0.0683. The number of aromatic nitrogens is 1. The number of ether oxygens (including phenoxy) is 1. The largest absolute Gasteiger partial charge is 0.494 e. The number of carboxylic acid groups (broad SMARTS) is 1. The molecule has 0 aliphatic heterocycles. The summed E-state index contributed by atoms with van der Waals surface area (Å²) in [5.41, 5.74) is 9.85. The van der Waals surface area contributed by atoms with Crippen LogP contribution in [-0.2, 0) is 17.2 Å². The number of methoxy groups -OCH3 is 1. The van der Waals surface area contributed by atoms with Gasteiger partial charge in [-0.3, -0.25) is 9.96 Å². The Bertz CT molecular complexity index is 866. The Morgan fingerprint density at radius 1 is 1.36 bits per heavy atom. The van der Waals surface area contributed by atoms with E-state index in [2.05, 4.69) is 11.5 Å². The number of benzene rings is 1. The van der Waals surface area contributed by atoms with Crippen molar-refractivity contribution in [2.45, 2.75) is 0 Å². The van der Waals surface area contributed by atoms with Crippen LogP contribution in [0.15, 0.2) is 18.2 Å². The molecule has 0 atom stereocenters. The molecule has 0 amide bonds. The maximum atomic E-state index is 11.1. The first-order chi connectivity index (χ1) is 11.3. The molecule has 25 heavy (non-hydrogen) atoms. The molecule has 2 rings (SSSR count). The van der Waals surface area contributed by atoms with Gasteiger partial charge in [-0.2, -0.15) is 8.42 Å². The van der Waals surface area contributed by atoms with Crippen LogP contribution in [0.5, 0.6) is 5.75 Å². The summed E-state index contributed by atoms with van der Waals surface area (Å²) in [7, 11) is -0.537. The normalized spacial score (nSPS) is 10.1. The molecule has 0 aliphatic rings. The van der Waals surface area contributed by atoms with Gasteiger partial charge in [0.15, 0.2) is 17.4 Å². The predicted molar refractivity (Wildman–Crippen MR) is 95.0 cm³/mol. The van der Waals surface area contributed by atoms with E-state index in [9.17, 15) is 13.2 Å². The summed E-state index contributed by atoms with van der Waals surface area (Å²) >= 11 is 5.88. The zero-order valence-electron chi connectivity index (χ0n) is 13.6. The minimum Gasteiger partial charge on any atom is -0.494 e. The number of guanidine groups is 1. The molecule has 1 aromatic heterocycles. The molecular weight excluding hydrogens is 376 g/mol. The standard InChI is InChI=1S/C11H10ClNO3.CH5N3.CH4O3S/c1-13-8-4-3-6(12)5-7(8)10(16-2)9(13)11(14)15;2-1(3)4;1-5(2,3)4/h3-5H,1-2H3,(H,14,15);(H5,2,3,4);1H3,(H,2,3,4). The van der Waals surface area contributed by atoms with Crippen molar-refractivity contribution < 1.29 is 27.6 Å². The first-order valence-electron chi connectivity index (χ1n) is 6.36. The van der Waals surface area contributed by atoms with Crippen LogP contribution >= 0.6 is 11.6 Å². The summed E-state index contributed by atoms with van der Waals surface area (Å²) < 4.78 is 32.6. The molecule has 1 aromatic carbocycles. The quantitative estimate of drug-likeness (QED) is 0.282. The molecule has 0 bridgehead atoms. The van der Waals surface area contributed by atoms with Crippen molar-refractivity contribution in [3.8, 4) is 5.75 Å². The van der Waals surface area contributed by atoms with E-state index in [1.54, 1.807) is 29.8 Å². The van der Waals surface area contributed by atoms with Crippen molar-refractivity contribution in [2.24, 2.45) is 18.5 Å². The second-order valence-electron chi connectivity index (χ2n) is 4.60. The van der Waals surface area contributed by atoms with Crippen LogP contribution in [0.2, 0.25) is 5.02 Å². The Hall–Kier alpha value is -2.50. The zero-order valence-corrected chi connectivity index (χ0v) is 15.2. The number of hydrogen-bond donors (Lipinski definition) is 5. The van der Waals surface area contributed by atoms with Crippen molar-refractivity contribution in [3.05, 3.63) is 28.9 Å². The van der Waals surface area contributed by atoms with Gasteiger partial charge < -0.3 is 25.9 Å². The maximum Gasteiger partial charge on any atom is 0.356 e. The highest BCUT2D eigenvalue weighted by molar-refractivity contribution is 7.85. The topological polar surface area (TPSA) is 182 Å². The molecule has 1 heterocycles. The van der Waals surface area contributed by atoms with Crippen LogP contribution in [0, 0.1) is 5.41 Å². The number of carbonyl (C=O) groups is 1. The van der Waals surface area contributed by atoms with E-state index in [0.29, 0.717) is 22.4 Å². The van der Waals surface area contributed by atoms with Crippen molar-refractivity contribution in [1.82, 2.24) is 4.57 Å². The molecule has 140 valence electrons. The van der Waals surface area contributed by atoms with Gasteiger partial charge in [-0.25, -0.2) is 4.79 Å². The summed E-state index contributed by atoms with van der Waals surface area (Å²) in [6.07, 6.45) is 0.715. The number of fused-ring (bicyclic) bond motifs is 1. The molecule has 7 N–H and O–H groups in total. The lowest BCUT2D eigenvalue weighted by Crippen LogP contribution is -2.20. The molecule has 0 fully saturated rings. The SMILES string of the molecule is COc1c(C(=O)O)n(C)c2ccc(Cl)cc12.CS(=O)(=O)O.N=C(N)N. The summed E-state index contributed by atoms with van der Waals surface area (Å²) in [6.45, 7) is 0. The molecule has 0 spiro atoms. The number of nitrogens with one attached hydrogen (secondary N) is 1. The number of nitrogens with zero attached hydrogens (tertiary/aromatic N) is 1. The highest BCUT2D eigenvalue weighted by Gasteiger charge is 2.21. The minimum absolute atomic E-state index is 0.125. The highest BCUT2D eigenvalue weighted by Crippen LogP contribution is 2.33. The fourth-order valence-electron chi connectivity index (χ4n) is 1.83. The van der Waals surface area contributed by atoms with E-state index in [1.807, 2.05) is 0 Å². The van der Waals surface area contributed by atoms with Crippen molar-refractivity contribution in [1.29, 1.82) is 5.41 Å². The van der Waals surface area contributed by atoms with Crippen LogP contribution < -0.4 is 16.2 Å². The van der Waals surface area contributed by atoms with Crippen LogP contribution in [0.25, 0.3) is 10.9 Å². The Labute approximate surface area is 149 Å². The molecule has 10 nitrogen and oxygen atoms in total. The lowest BCUT2D eigenvalue weighted by atomic mass is 10.2. The number of aryl methyl sites for hydroxylation is 1. The molecule has 0 aliphatic carbocycles. The number of nitrogens with two attached hydrogens (primary N) is 2. The summed E-state index contributed by atoms with van der Waals surface area (Å²) in [6, 6.07) is 5.18. The van der Waals surface area contributed by atoms with Gasteiger partial charge in [0.05, 0.1) is 18.9 Å². The lowest BCUT2D eigenvalue weighted by Gasteiger charge is -2.00. The first kappa shape index (κ1) is 22.5. The monoisotopic (exact) mass is 394 g/mol. The fourth-order valence-corrected chi connectivity index (χ4v) is 2.00. The van der Waals surface area contributed by atoms with E-state index in [4.69, 9.17) is 31.4 Å². The third kappa shape index (κ3) is 7.74. The van der Waals surface area contributed by atoms with Crippen LogP contribution in [0.4, 0.5) is 0 Å². The van der Waals surface area contributed by atoms with E-state index < -0.39 is 16.1 Å². The van der Waals surface area contributed by atoms with E-state index in [1.165, 1.54) is 7.11 Å². The summed E-state index contributed by atoms with van der Waals surface area (Å²) in [5, 5.41) is 16.4. The Balaban J connectivity index is 0.000000536. The van der Waals surface area contributed by atoms with Gasteiger partial charge in [-0.15, -0.1) is 0 Å². The first-order valence-corrected chi connectivity index (χ1v) is 8.59. The third-order valence-corrected chi connectivity index (χ3v) is 2.76. The van der Waals surface area contributed by atoms with Gasteiger partial charge in [-0.05, 0) is 18.2 Å². The average Bonchev–Trinajstić information content (AvgIpc) is 2.68. The van der Waals surface area contributed by atoms with E-state index in [-0.39, 0.29) is 11.7 Å². The minimum atomic E-state index is -3.67. The molecule has 0 saturated heterocycles. The molecule has 0 radical (unpaired) electrons. The smallest absolute Gasteiger partial charge is 0.356 e. The average molecular weight is 395 g/mol. The molecular formula is C13H19ClN4O6S. The van der Waals surface area contributed by atoms with Gasteiger partial charge in [0, 0.05) is 17.5 Å². The number of hydrogen-bond acceptors (Lipinski definition) is 5. The van der Waals surface area contributed by atoms with Crippen LogP contribution in [0.3, 0.4) is 0 Å². The zero-order chi connectivity index (χ0) is 19.9. The number of rotatable bonds is 2. The Morgan fingerprint density at radius 2 is 1.80 bits per heavy atom. The summed E-state index contributed by atoms with van der Waals surface area (Å²) in [4.78, 5) is 11.1. The number of halogens is 1. The third-order valence-electron chi connectivity index (χ3n) is 2.52. The second-order valence-corrected chi connectivity index (χ2v) is 6.50. The molecule has 0 saturated carbocycles. The van der Waals surface area contributed by atoms with Gasteiger partial charge in [0.1, 0.15) is 0 Å². The van der Waals surface area contributed by atoms with E-state index in [0.717, 1.165) is 5.52 Å². The summed E-state index contributed by atoms with van der Waals surface area (Å²) in [5.74, 6) is -1.01. The van der Waals surface area contributed by atoms with Gasteiger partial charge in [0.25, 0.3) is 10.1 Å². The van der Waals surface area contributed by atoms with E-state index >= 15 is 0 Å². The van der Waals surface area contributed by atoms with Crippen molar-refractivity contribution >= 4 is 44.6 Å². The second kappa shape index (κ2) is 9.11. The maximum absolute atomic E-state index is 11.1. The highest BCUT2D eigenvalue weighted by atomic mass is 35.5. The van der Waals surface area contributed by atoms with Crippen molar-refractivity contribution in [3.63, 3.8) is 0 Å². The molecule has 12 heteroatoms. The van der Waals surface area contributed by atoms with Gasteiger partial charge >= 0.3 is 5.97 Å². The number of carboxylic acids is 1. The van der Waals surface area contributed by atoms with Crippen LogP contribution in [0.1, 0.15) is 10.5 Å². The fraction of sp³-hybridized carbons (Fsp3) is 0.231. The van der Waals surface area contributed by atoms with Crippen LogP contribution in [-0.4, -0.2) is 47.9 Å². The Kier molecular flexibility index (Phi) is 8.20. The van der Waals surface area contributed by atoms with Gasteiger partial charge in [-0.1, -0.05) is 11.6 Å².